The first-order valence-corrected chi connectivity index (χ1v) is 5.69. The Hall–Kier alpha value is -2.15. The zero-order valence-corrected chi connectivity index (χ0v) is 9.77. The number of amides is 2. The van der Waals surface area contributed by atoms with E-state index in [9.17, 15) is 4.79 Å². The van der Waals surface area contributed by atoms with Gasteiger partial charge in [0.25, 0.3) is 0 Å². The highest BCUT2D eigenvalue weighted by Gasteiger charge is 2.41. The molecule has 0 radical (unpaired) electrons. The van der Waals surface area contributed by atoms with E-state index in [0.717, 1.165) is 5.70 Å². The van der Waals surface area contributed by atoms with Crippen LogP contribution >= 0.6 is 0 Å². The number of urea groups is 1. The number of fused-ring (bicyclic) bond motifs is 2. The van der Waals surface area contributed by atoms with Gasteiger partial charge in [-0.2, -0.15) is 5.06 Å². The Morgan fingerprint density at radius 3 is 3.22 bits per heavy atom. The number of hydrogen-bond acceptors (Lipinski definition) is 4. The second kappa shape index (κ2) is 4.26. The van der Waals surface area contributed by atoms with Crippen LogP contribution in [-0.2, 0) is 4.84 Å². The average Bonchev–Trinajstić information content (AvgIpc) is 2.98. The molecule has 1 atom stereocenters. The van der Waals surface area contributed by atoms with Crippen LogP contribution in [-0.4, -0.2) is 56.7 Å². The van der Waals surface area contributed by atoms with Crippen LogP contribution in [0, 0.1) is 0 Å². The van der Waals surface area contributed by atoms with Crippen LogP contribution in [0.1, 0.15) is 0 Å². The molecule has 1 aromatic heterocycles. The third-order valence-corrected chi connectivity index (χ3v) is 2.95. The Morgan fingerprint density at radius 2 is 2.50 bits per heavy atom. The molecule has 1 aromatic rings. The minimum Gasteiger partial charge on any atom is -0.314 e. The van der Waals surface area contributed by atoms with Crippen LogP contribution < -0.4 is 0 Å². The first-order chi connectivity index (χ1) is 8.79. The highest BCUT2D eigenvalue weighted by molar-refractivity contribution is 5.80. The highest BCUT2D eigenvalue weighted by atomic mass is 16.7. The van der Waals surface area contributed by atoms with Crippen LogP contribution in [0.2, 0.25) is 0 Å². The molecule has 18 heavy (non-hydrogen) atoms. The maximum atomic E-state index is 12.0. The lowest BCUT2D eigenvalue weighted by Gasteiger charge is -2.20. The molecule has 2 aliphatic rings. The van der Waals surface area contributed by atoms with Gasteiger partial charge in [-0.1, -0.05) is 11.3 Å². The monoisotopic (exact) mass is 247 g/mol. The van der Waals surface area contributed by atoms with Crippen LogP contribution in [0.15, 0.2) is 31.1 Å². The van der Waals surface area contributed by atoms with E-state index in [2.05, 4.69) is 16.9 Å². The molecule has 0 spiro atoms. The summed E-state index contributed by atoms with van der Waals surface area (Å²) < 4.78 is 1.67. The molecule has 0 aliphatic carbocycles. The molecule has 1 saturated heterocycles. The van der Waals surface area contributed by atoms with Crippen molar-refractivity contribution in [3.63, 3.8) is 0 Å². The van der Waals surface area contributed by atoms with Crippen molar-refractivity contribution in [2.24, 2.45) is 0 Å². The summed E-state index contributed by atoms with van der Waals surface area (Å²) in [4.78, 5) is 19.1. The van der Waals surface area contributed by atoms with Gasteiger partial charge in [0.05, 0.1) is 37.3 Å². The highest BCUT2D eigenvalue weighted by Crippen LogP contribution is 2.26. The topological polar surface area (TPSA) is 63.5 Å². The van der Waals surface area contributed by atoms with Gasteiger partial charge < -0.3 is 4.90 Å². The molecule has 0 N–H and O–H groups in total. The van der Waals surface area contributed by atoms with Gasteiger partial charge in [0.15, 0.2) is 0 Å². The molecule has 7 heteroatoms. The van der Waals surface area contributed by atoms with Crippen molar-refractivity contribution in [3.05, 3.63) is 31.1 Å². The summed E-state index contributed by atoms with van der Waals surface area (Å²) in [5.74, 6) is 0. The molecule has 0 saturated carbocycles. The van der Waals surface area contributed by atoms with E-state index in [1.807, 2.05) is 6.08 Å². The summed E-state index contributed by atoms with van der Waals surface area (Å²) in [5, 5.41) is 9.09. The summed E-state index contributed by atoms with van der Waals surface area (Å²) in [6.45, 7) is 5.06. The Labute approximate surface area is 104 Å². The molecule has 2 aliphatic heterocycles. The smallest absolute Gasteiger partial charge is 0.314 e. The molecule has 7 nitrogen and oxygen atoms in total. The fourth-order valence-corrected chi connectivity index (χ4v) is 2.18. The number of rotatable bonds is 4. The van der Waals surface area contributed by atoms with Crippen molar-refractivity contribution >= 4 is 11.7 Å². The third-order valence-electron chi connectivity index (χ3n) is 2.95. The summed E-state index contributed by atoms with van der Waals surface area (Å²) in [6, 6.07) is -0.196. The van der Waals surface area contributed by atoms with E-state index in [0.29, 0.717) is 19.7 Å². The Morgan fingerprint density at radius 1 is 1.61 bits per heavy atom. The van der Waals surface area contributed by atoms with Crippen LogP contribution in [0.4, 0.5) is 4.79 Å². The van der Waals surface area contributed by atoms with E-state index in [-0.39, 0.29) is 12.1 Å². The van der Waals surface area contributed by atoms with Crippen LogP contribution in [0.5, 0.6) is 0 Å². The minimum absolute atomic E-state index is 0.0783. The van der Waals surface area contributed by atoms with Gasteiger partial charge in [-0.3, -0.25) is 4.84 Å². The second-order valence-electron chi connectivity index (χ2n) is 4.15. The quantitative estimate of drug-likeness (QED) is 0.720. The van der Waals surface area contributed by atoms with E-state index < -0.39 is 0 Å². The molecule has 0 aromatic carbocycles. The Bertz CT molecular complexity index is 496. The van der Waals surface area contributed by atoms with Crippen LogP contribution in [0.25, 0.3) is 5.70 Å². The van der Waals surface area contributed by atoms with E-state index in [4.69, 9.17) is 4.84 Å². The lowest BCUT2D eigenvalue weighted by atomic mass is 10.2. The van der Waals surface area contributed by atoms with Crippen molar-refractivity contribution in [1.29, 1.82) is 0 Å². The van der Waals surface area contributed by atoms with Crippen molar-refractivity contribution in [3.8, 4) is 0 Å². The fourth-order valence-electron chi connectivity index (χ4n) is 2.18. The molecule has 94 valence electrons. The molecular weight excluding hydrogens is 234 g/mol. The fraction of sp³-hybridized carbons (Fsp3) is 0.364. The number of nitrogens with zero attached hydrogens (tertiary/aromatic N) is 5. The summed E-state index contributed by atoms with van der Waals surface area (Å²) in [6.07, 6.45) is 6.98. The molecule has 1 unspecified atom stereocenters. The van der Waals surface area contributed by atoms with E-state index in [1.165, 1.54) is 5.06 Å². The standard InChI is InChI=1S/C11H13N5O2/c1-2-5-18-16-10-6-9(15-4-3-12-13-15)7-14(8-10)11(16)17/h2-4,6,10H,1,5,7-8H2. The number of hydroxylamine groups is 2. The Kier molecular flexibility index (Phi) is 2.60. The van der Waals surface area contributed by atoms with Gasteiger partial charge >= 0.3 is 6.03 Å². The third kappa shape index (κ3) is 1.68. The van der Waals surface area contributed by atoms with Crippen molar-refractivity contribution in [2.45, 2.75) is 6.04 Å². The Balaban J connectivity index is 1.83. The summed E-state index contributed by atoms with van der Waals surface area (Å²) >= 11 is 0. The predicted octanol–water partition coefficient (Wildman–Crippen LogP) is 0.356. The molecule has 2 bridgehead atoms. The zero-order valence-electron chi connectivity index (χ0n) is 9.77. The maximum Gasteiger partial charge on any atom is 0.345 e. The molecule has 2 amide bonds. The molecule has 1 fully saturated rings. The average molecular weight is 247 g/mol. The van der Waals surface area contributed by atoms with E-state index >= 15 is 0 Å². The lowest BCUT2D eigenvalue weighted by molar-refractivity contribution is -0.107. The minimum atomic E-state index is -0.117. The normalized spacial score (nSPS) is 22.3. The summed E-state index contributed by atoms with van der Waals surface area (Å²) in [5.41, 5.74) is 0.932. The van der Waals surface area contributed by atoms with Gasteiger partial charge in [0.1, 0.15) is 0 Å². The number of hydrogen-bond donors (Lipinski definition) is 0. The number of carbonyl (C=O) groups excluding carboxylic acids is 1. The van der Waals surface area contributed by atoms with Gasteiger partial charge in [-0.25, -0.2) is 9.48 Å². The van der Waals surface area contributed by atoms with Crippen LogP contribution in [0.3, 0.4) is 0 Å². The van der Waals surface area contributed by atoms with Gasteiger partial charge in [0.2, 0.25) is 0 Å². The predicted molar refractivity (Wildman–Crippen MR) is 63.0 cm³/mol. The largest absolute Gasteiger partial charge is 0.345 e. The molecular formula is C11H13N5O2. The zero-order chi connectivity index (χ0) is 12.5. The second-order valence-corrected chi connectivity index (χ2v) is 4.15. The van der Waals surface area contributed by atoms with Crippen molar-refractivity contribution in [1.82, 2.24) is 25.0 Å². The lowest BCUT2D eigenvalue weighted by Crippen LogP contribution is -2.33. The van der Waals surface area contributed by atoms with Crippen molar-refractivity contribution in [2.75, 3.05) is 19.7 Å². The number of carbonyl (C=O) groups is 1. The van der Waals surface area contributed by atoms with Gasteiger partial charge in [-0.05, 0) is 6.08 Å². The molecule has 3 heterocycles. The van der Waals surface area contributed by atoms with Gasteiger partial charge in [-0.15, -0.1) is 11.7 Å². The van der Waals surface area contributed by atoms with E-state index in [1.54, 1.807) is 28.1 Å². The summed E-state index contributed by atoms with van der Waals surface area (Å²) in [7, 11) is 0. The maximum absolute atomic E-state index is 12.0. The number of aromatic nitrogens is 3. The van der Waals surface area contributed by atoms with Gasteiger partial charge in [0, 0.05) is 6.54 Å². The first kappa shape index (κ1) is 11.0. The SMILES string of the molecule is C=CCON1C(=O)N2CC(n3ccnn3)=CC1C2. The first-order valence-electron chi connectivity index (χ1n) is 5.69. The molecule has 3 rings (SSSR count). The van der Waals surface area contributed by atoms with Crippen molar-refractivity contribution < 1.29 is 9.63 Å².